The number of hydrogen-bond acceptors (Lipinski definition) is 4. The van der Waals surface area contributed by atoms with Crippen molar-refractivity contribution >= 4 is 21.6 Å². The smallest absolute Gasteiger partial charge is 0.248 e. The van der Waals surface area contributed by atoms with Crippen LogP contribution in [0.3, 0.4) is 0 Å². The van der Waals surface area contributed by atoms with Crippen LogP contribution in [0, 0.1) is 17.6 Å². The highest BCUT2D eigenvalue weighted by atomic mass is 35.5. The summed E-state index contributed by atoms with van der Waals surface area (Å²) in [7, 11) is -2.91. The molecule has 1 saturated heterocycles. The average molecular weight is 485 g/mol. The van der Waals surface area contributed by atoms with Crippen molar-refractivity contribution in [2.24, 2.45) is 5.92 Å². The van der Waals surface area contributed by atoms with Gasteiger partial charge in [-0.1, -0.05) is 29.8 Å². The van der Waals surface area contributed by atoms with Gasteiger partial charge < -0.3 is 4.74 Å². The molecule has 32 heavy (non-hydrogen) atoms. The Labute approximate surface area is 193 Å². The van der Waals surface area contributed by atoms with Crippen molar-refractivity contribution in [3.63, 3.8) is 0 Å². The highest BCUT2D eigenvalue weighted by Crippen LogP contribution is 2.37. The van der Waals surface area contributed by atoms with Gasteiger partial charge >= 0.3 is 0 Å². The number of sulfonamides is 1. The van der Waals surface area contributed by atoms with Crippen molar-refractivity contribution in [2.45, 2.75) is 43.2 Å². The van der Waals surface area contributed by atoms with Crippen LogP contribution < -0.4 is 4.74 Å². The first-order valence-corrected chi connectivity index (χ1v) is 12.6. The molecule has 0 radical (unpaired) electrons. The lowest BCUT2D eigenvalue weighted by Crippen LogP contribution is -2.42. The fraction of sp³-hybridized carbons (Fsp3) is 0.478. The van der Waals surface area contributed by atoms with Crippen LogP contribution in [0.5, 0.6) is 5.75 Å². The number of halogens is 3. The minimum Gasteiger partial charge on any atom is -0.489 e. The second-order valence-electron chi connectivity index (χ2n) is 8.63. The summed E-state index contributed by atoms with van der Waals surface area (Å²) in [4.78, 5) is 1.47. The topological polar surface area (TPSA) is 49.9 Å². The Bertz CT molecular complexity index is 1050. The fourth-order valence-electron chi connectivity index (χ4n) is 4.40. The SMILES string of the molecule is CN(CC1CC(Oc2cccc(CN3CCCC3)c2Cl)C1)S(=O)(=O)c1c(F)cccc1F. The molecule has 1 saturated carbocycles. The van der Waals surface area contributed by atoms with Crippen LogP contribution in [0.15, 0.2) is 41.3 Å². The number of rotatable bonds is 8. The second-order valence-corrected chi connectivity index (χ2v) is 11.0. The van der Waals surface area contributed by atoms with Gasteiger partial charge in [0.25, 0.3) is 0 Å². The van der Waals surface area contributed by atoms with Crippen molar-refractivity contribution in [2.75, 3.05) is 26.7 Å². The summed E-state index contributed by atoms with van der Waals surface area (Å²) >= 11 is 6.58. The Morgan fingerprint density at radius 3 is 2.38 bits per heavy atom. The Kier molecular flexibility index (Phi) is 7.05. The molecule has 5 nitrogen and oxygen atoms in total. The van der Waals surface area contributed by atoms with Crippen molar-refractivity contribution in [1.29, 1.82) is 0 Å². The maximum atomic E-state index is 14.0. The molecular formula is C23H27ClF2N2O3S. The Balaban J connectivity index is 1.33. The molecule has 0 bridgehead atoms. The monoisotopic (exact) mass is 484 g/mol. The number of nitrogens with zero attached hydrogens (tertiary/aromatic N) is 2. The fourth-order valence-corrected chi connectivity index (χ4v) is 5.97. The summed E-state index contributed by atoms with van der Waals surface area (Å²) in [5.74, 6) is -1.49. The van der Waals surface area contributed by atoms with E-state index in [1.807, 2.05) is 18.2 Å². The molecular weight excluding hydrogens is 458 g/mol. The standard InChI is InChI=1S/C23H27ClF2N2O3S/c1-27(32(29,30)23-19(25)7-5-8-20(23)26)14-16-12-18(13-16)31-21-9-4-6-17(22(21)24)15-28-10-2-3-11-28/h4-9,16,18H,2-3,10-15H2,1H3. The third kappa shape index (κ3) is 4.93. The summed E-state index contributed by atoms with van der Waals surface area (Å²) in [6, 6.07) is 8.82. The highest BCUT2D eigenvalue weighted by molar-refractivity contribution is 7.89. The summed E-state index contributed by atoms with van der Waals surface area (Å²) in [6.07, 6.45) is 3.65. The molecule has 4 rings (SSSR count). The van der Waals surface area contributed by atoms with Gasteiger partial charge in [-0.2, -0.15) is 0 Å². The predicted molar refractivity (Wildman–Crippen MR) is 119 cm³/mol. The van der Waals surface area contributed by atoms with Crippen molar-refractivity contribution in [1.82, 2.24) is 9.21 Å². The first-order valence-electron chi connectivity index (χ1n) is 10.8. The average Bonchev–Trinajstić information content (AvgIpc) is 3.21. The molecule has 174 valence electrons. The summed E-state index contributed by atoms with van der Waals surface area (Å²) in [5.41, 5.74) is 1.04. The van der Waals surface area contributed by atoms with Gasteiger partial charge in [-0.05, 0) is 68.5 Å². The molecule has 2 aromatic carbocycles. The van der Waals surface area contributed by atoms with E-state index in [1.165, 1.54) is 19.9 Å². The molecule has 9 heteroatoms. The second kappa shape index (κ2) is 9.63. The van der Waals surface area contributed by atoms with Crippen LogP contribution in [-0.4, -0.2) is 50.4 Å². The van der Waals surface area contributed by atoms with E-state index in [4.69, 9.17) is 16.3 Å². The summed E-state index contributed by atoms with van der Waals surface area (Å²) in [6.45, 7) is 3.13. The summed E-state index contributed by atoms with van der Waals surface area (Å²) in [5, 5.41) is 0.623. The van der Waals surface area contributed by atoms with Crippen LogP contribution in [0.25, 0.3) is 0 Å². The Morgan fingerprint density at radius 2 is 1.72 bits per heavy atom. The lowest BCUT2D eigenvalue weighted by Gasteiger charge is -2.37. The first-order chi connectivity index (χ1) is 15.3. The molecule has 0 unspecified atom stereocenters. The van der Waals surface area contributed by atoms with Gasteiger partial charge in [-0.3, -0.25) is 4.90 Å². The minimum absolute atomic E-state index is 0.0427. The van der Waals surface area contributed by atoms with Crippen molar-refractivity contribution in [3.8, 4) is 5.75 Å². The van der Waals surface area contributed by atoms with E-state index in [2.05, 4.69) is 4.90 Å². The van der Waals surface area contributed by atoms with Crippen LogP contribution in [-0.2, 0) is 16.6 Å². The molecule has 2 aliphatic rings. The maximum absolute atomic E-state index is 14.0. The normalized spacial score (nSPS) is 21.7. The van der Waals surface area contributed by atoms with Gasteiger partial charge in [-0.15, -0.1) is 0 Å². The number of hydrogen-bond donors (Lipinski definition) is 0. The number of likely N-dealkylation sites (tertiary alicyclic amines) is 1. The van der Waals surface area contributed by atoms with Crippen LogP contribution in [0.1, 0.15) is 31.2 Å². The molecule has 0 N–H and O–H groups in total. The molecule has 2 aromatic rings. The number of benzene rings is 2. The molecule has 1 aliphatic heterocycles. The van der Waals surface area contributed by atoms with Gasteiger partial charge in [0.1, 0.15) is 17.4 Å². The van der Waals surface area contributed by atoms with E-state index in [9.17, 15) is 17.2 Å². The van der Waals surface area contributed by atoms with E-state index in [0.717, 1.165) is 47.7 Å². The van der Waals surface area contributed by atoms with E-state index in [-0.39, 0.29) is 18.6 Å². The summed E-state index contributed by atoms with van der Waals surface area (Å²) < 4.78 is 60.3. The largest absolute Gasteiger partial charge is 0.489 e. The van der Waals surface area contributed by atoms with E-state index in [1.54, 1.807) is 0 Å². The lowest BCUT2D eigenvalue weighted by atomic mass is 9.82. The zero-order valence-corrected chi connectivity index (χ0v) is 19.5. The van der Waals surface area contributed by atoms with Gasteiger partial charge in [0.15, 0.2) is 4.90 Å². The molecule has 2 fully saturated rings. The van der Waals surface area contributed by atoms with E-state index < -0.39 is 26.6 Å². The third-order valence-corrected chi connectivity index (χ3v) is 8.53. The quantitative estimate of drug-likeness (QED) is 0.545. The maximum Gasteiger partial charge on any atom is 0.248 e. The zero-order chi connectivity index (χ0) is 22.9. The van der Waals surface area contributed by atoms with Crippen LogP contribution in [0.2, 0.25) is 5.02 Å². The first kappa shape index (κ1) is 23.4. The molecule has 0 atom stereocenters. The van der Waals surface area contributed by atoms with E-state index in [0.29, 0.717) is 23.6 Å². The van der Waals surface area contributed by atoms with Gasteiger partial charge in [0.05, 0.1) is 11.1 Å². The van der Waals surface area contributed by atoms with Gasteiger partial charge in [0, 0.05) is 20.1 Å². The van der Waals surface area contributed by atoms with Crippen molar-refractivity contribution in [3.05, 3.63) is 58.6 Å². The van der Waals surface area contributed by atoms with Crippen LogP contribution in [0.4, 0.5) is 8.78 Å². The van der Waals surface area contributed by atoms with Crippen molar-refractivity contribution < 1.29 is 21.9 Å². The Morgan fingerprint density at radius 1 is 1.09 bits per heavy atom. The third-order valence-electron chi connectivity index (χ3n) is 6.22. The lowest BCUT2D eigenvalue weighted by molar-refractivity contribution is 0.0575. The molecule has 0 aromatic heterocycles. The molecule has 0 spiro atoms. The number of ether oxygens (including phenoxy) is 1. The predicted octanol–water partition coefficient (Wildman–Crippen LogP) is 4.69. The highest BCUT2D eigenvalue weighted by Gasteiger charge is 2.36. The van der Waals surface area contributed by atoms with Gasteiger partial charge in [-0.25, -0.2) is 21.5 Å². The molecule has 0 amide bonds. The minimum atomic E-state index is -4.26. The van der Waals surface area contributed by atoms with Gasteiger partial charge in [0.2, 0.25) is 10.0 Å². The Hall–Kier alpha value is -1.74. The molecule has 1 aliphatic carbocycles. The van der Waals surface area contributed by atoms with Crippen LogP contribution >= 0.6 is 11.6 Å². The van der Waals surface area contributed by atoms with E-state index >= 15 is 0 Å². The molecule has 1 heterocycles. The zero-order valence-electron chi connectivity index (χ0n) is 17.9.